The average Bonchev–Trinajstić information content (AvgIpc) is 2.51. The maximum atomic E-state index is 12.4. The van der Waals surface area contributed by atoms with Crippen molar-refractivity contribution in [3.8, 4) is 0 Å². The average molecular weight is 422 g/mol. The predicted octanol–water partition coefficient (Wildman–Crippen LogP) is 3.62. The van der Waals surface area contributed by atoms with Gasteiger partial charge >= 0.3 is 0 Å². The SMILES string of the molecule is Cc1cccc(C)c1NC(=O)CN(C)C(=O)c1ccccc1I. The zero-order chi connectivity index (χ0) is 17.0. The van der Waals surface area contributed by atoms with Gasteiger partial charge in [0.05, 0.1) is 12.1 Å². The summed E-state index contributed by atoms with van der Waals surface area (Å²) in [7, 11) is 1.63. The lowest BCUT2D eigenvalue weighted by Crippen LogP contribution is -2.35. The van der Waals surface area contributed by atoms with E-state index in [1.807, 2.05) is 50.2 Å². The first-order valence-corrected chi connectivity index (χ1v) is 8.34. The zero-order valence-electron chi connectivity index (χ0n) is 13.4. The highest BCUT2D eigenvalue weighted by Gasteiger charge is 2.17. The topological polar surface area (TPSA) is 49.4 Å². The highest BCUT2D eigenvalue weighted by Crippen LogP contribution is 2.19. The molecule has 2 rings (SSSR count). The molecule has 0 aliphatic heterocycles. The summed E-state index contributed by atoms with van der Waals surface area (Å²) in [5, 5.41) is 2.90. The Morgan fingerprint density at radius 3 is 2.26 bits per heavy atom. The first-order valence-electron chi connectivity index (χ1n) is 7.26. The molecule has 0 aromatic heterocycles. The van der Waals surface area contributed by atoms with Crippen molar-refractivity contribution in [1.29, 1.82) is 0 Å². The first kappa shape index (κ1) is 17.5. The Hall–Kier alpha value is -1.89. The number of rotatable bonds is 4. The first-order chi connectivity index (χ1) is 10.9. The predicted molar refractivity (Wildman–Crippen MR) is 101 cm³/mol. The van der Waals surface area contributed by atoms with Gasteiger partial charge in [0.25, 0.3) is 5.91 Å². The second-order valence-electron chi connectivity index (χ2n) is 5.46. The van der Waals surface area contributed by atoms with Crippen LogP contribution in [0.4, 0.5) is 5.69 Å². The number of likely N-dealkylation sites (N-methyl/N-ethyl adjacent to an activating group) is 1. The second kappa shape index (κ2) is 7.59. The van der Waals surface area contributed by atoms with E-state index in [-0.39, 0.29) is 18.4 Å². The molecule has 0 saturated carbocycles. The van der Waals surface area contributed by atoms with Gasteiger partial charge in [0, 0.05) is 16.3 Å². The monoisotopic (exact) mass is 422 g/mol. The third kappa shape index (κ3) is 4.31. The minimum Gasteiger partial charge on any atom is -0.332 e. The van der Waals surface area contributed by atoms with Gasteiger partial charge in [-0.2, -0.15) is 0 Å². The molecule has 120 valence electrons. The van der Waals surface area contributed by atoms with Crippen LogP contribution in [0.5, 0.6) is 0 Å². The van der Waals surface area contributed by atoms with Crippen LogP contribution in [0.3, 0.4) is 0 Å². The van der Waals surface area contributed by atoms with Crippen molar-refractivity contribution in [1.82, 2.24) is 4.90 Å². The molecule has 0 unspecified atom stereocenters. The van der Waals surface area contributed by atoms with Crippen LogP contribution >= 0.6 is 22.6 Å². The Morgan fingerprint density at radius 2 is 1.65 bits per heavy atom. The molecule has 0 atom stereocenters. The largest absolute Gasteiger partial charge is 0.332 e. The number of amides is 2. The smallest absolute Gasteiger partial charge is 0.255 e. The Morgan fingerprint density at radius 1 is 1.04 bits per heavy atom. The molecule has 0 radical (unpaired) electrons. The van der Waals surface area contributed by atoms with Gasteiger partial charge in [-0.1, -0.05) is 30.3 Å². The van der Waals surface area contributed by atoms with Crippen molar-refractivity contribution in [3.63, 3.8) is 0 Å². The number of carbonyl (C=O) groups is 2. The van der Waals surface area contributed by atoms with Gasteiger partial charge in [-0.05, 0) is 59.7 Å². The van der Waals surface area contributed by atoms with E-state index < -0.39 is 0 Å². The number of carbonyl (C=O) groups excluding carboxylic acids is 2. The van der Waals surface area contributed by atoms with E-state index in [0.717, 1.165) is 20.4 Å². The quantitative estimate of drug-likeness (QED) is 0.766. The lowest BCUT2D eigenvalue weighted by Gasteiger charge is -2.18. The van der Waals surface area contributed by atoms with E-state index in [1.165, 1.54) is 4.90 Å². The Labute approximate surface area is 150 Å². The normalized spacial score (nSPS) is 10.3. The Kier molecular flexibility index (Phi) is 5.76. The molecule has 2 aromatic carbocycles. The molecular weight excluding hydrogens is 403 g/mol. The summed E-state index contributed by atoms with van der Waals surface area (Å²) in [5.74, 6) is -0.365. The van der Waals surface area contributed by atoms with Gasteiger partial charge in [0.15, 0.2) is 0 Å². The van der Waals surface area contributed by atoms with Crippen molar-refractivity contribution in [3.05, 3.63) is 62.7 Å². The van der Waals surface area contributed by atoms with E-state index in [0.29, 0.717) is 5.56 Å². The second-order valence-corrected chi connectivity index (χ2v) is 6.62. The Balaban J connectivity index is 2.05. The van der Waals surface area contributed by atoms with Crippen molar-refractivity contribution >= 4 is 40.1 Å². The number of nitrogens with one attached hydrogen (secondary N) is 1. The van der Waals surface area contributed by atoms with Gasteiger partial charge in [-0.25, -0.2) is 0 Å². The van der Waals surface area contributed by atoms with Crippen molar-refractivity contribution in [2.24, 2.45) is 0 Å². The van der Waals surface area contributed by atoms with Crippen LogP contribution in [0.2, 0.25) is 0 Å². The van der Waals surface area contributed by atoms with Crippen molar-refractivity contribution < 1.29 is 9.59 Å². The summed E-state index contributed by atoms with van der Waals surface area (Å²) in [6.07, 6.45) is 0. The maximum absolute atomic E-state index is 12.4. The number of halogens is 1. The lowest BCUT2D eigenvalue weighted by atomic mass is 10.1. The molecule has 4 nitrogen and oxygen atoms in total. The molecule has 1 N–H and O–H groups in total. The fourth-order valence-electron chi connectivity index (χ4n) is 2.32. The summed E-state index contributed by atoms with van der Waals surface area (Å²) in [6.45, 7) is 3.91. The molecule has 0 spiro atoms. The van der Waals surface area contributed by atoms with Gasteiger partial charge in [0.1, 0.15) is 0 Å². The van der Waals surface area contributed by atoms with E-state index in [2.05, 4.69) is 27.9 Å². The van der Waals surface area contributed by atoms with Gasteiger partial charge in [0.2, 0.25) is 5.91 Å². The maximum Gasteiger partial charge on any atom is 0.255 e. The highest BCUT2D eigenvalue weighted by atomic mass is 127. The Bertz CT molecular complexity index is 723. The molecular formula is C18H19IN2O2. The van der Waals surface area contributed by atoms with Crippen LogP contribution in [-0.4, -0.2) is 30.3 Å². The fourth-order valence-corrected chi connectivity index (χ4v) is 2.94. The minimum atomic E-state index is -0.204. The molecule has 2 aromatic rings. The molecule has 23 heavy (non-hydrogen) atoms. The molecule has 0 saturated heterocycles. The van der Waals surface area contributed by atoms with E-state index >= 15 is 0 Å². The fraction of sp³-hybridized carbons (Fsp3) is 0.222. The summed E-state index contributed by atoms with van der Waals surface area (Å²) in [5.41, 5.74) is 3.43. The number of nitrogens with zero attached hydrogens (tertiary/aromatic N) is 1. The number of aryl methyl sites for hydroxylation is 2. The van der Waals surface area contributed by atoms with Crippen LogP contribution in [0.1, 0.15) is 21.5 Å². The molecule has 0 heterocycles. The lowest BCUT2D eigenvalue weighted by molar-refractivity contribution is -0.116. The third-order valence-corrected chi connectivity index (χ3v) is 4.52. The number of anilines is 1. The molecule has 5 heteroatoms. The van der Waals surface area contributed by atoms with Gasteiger partial charge < -0.3 is 10.2 Å². The van der Waals surface area contributed by atoms with E-state index in [4.69, 9.17) is 0 Å². The summed E-state index contributed by atoms with van der Waals surface area (Å²) in [6, 6.07) is 13.2. The summed E-state index contributed by atoms with van der Waals surface area (Å²) in [4.78, 5) is 26.1. The third-order valence-electron chi connectivity index (χ3n) is 3.58. The van der Waals surface area contributed by atoms with E-state index in [9.17, 15) is 9.59 Å². The standard InChI is InChI=1S/C18H19IN2O2/c1-12-7-6-8-13(2)17(12)20-16(22)11-21(3)18(23)14-9-4-5-10-15(14)19/h4-10H,11H2,1-3H3,(H,20,22). The molecule has 0 aliphatic carbocycles. The van der Waals surface area contributed by atoms with Crippen LogP contribution in [-0.2, 0) is 4.79 Å². The molecule has 0 aliphatic rings. The minimum absolute atomic E-state index is 0.0115. The number of para-hydroxylation sites is 1. The molecule has 0 bridgehead atoms. The summed E-state index contributed by atoms with van der Waals surface area (Å²) < 4.78 is 0.872. The van der Waals surface area contributed by atoms with Crippen molar-refractivity contribution in [2.45, 2.75) is 13.8 Å². The van der Waals surface area contributed by atoms with Crippen molar-refractivity contribution in [2.75, 3.05) is 18.9 Å². The van der Waals surface area contributed by atoms with E-state index in [1.54, 1.807) is 13.1 Å². The van der Waals surface area contributed by atoms with Gasteiger partial charge in [-0.15, -0.1) is 0 Å². The van der Waals surface area contributed by atoms with Crippen LogP contribution in [0.15, 0.2) is 42.5 Å². The van der Waals surface area contributed by atoms with Gasteiger partial charge in [-0.3, -0.25) is 9.59 Å². The molecule has 2 amide bonds. The van der Waals surface area contributed by atoms with Crippen LogP contribution < -0.4 is 5.32 Å². The van der Waals surface area contributed by atoms with Crippen LogP contribution in [0, 0.1) is 17.4 Å². The molecule has 0 fully saturated rings. The highest BCUT2D eigenvalue weighted by molar-refractivity contribution is 14.1. The number of benzene rings is 2. The van der Waals surface area contributed by atoms with Crippen LogP contribution in [0.25, 0.3) is 0 Å². The zero-order valence-corrected chi connectivity index (χ0v) is 15.5. The summed E-state index contributed by atoms with van der Waals surface area (Å²) >= 11 is 2.12. The number of hydrogen-bond donors (Lipinski definition) is 1. The number of hydrogen-bond acceptors (Lipinski definition) is 2.